The van der Waals surface area contributed by atoms with E-state index in [1.165, 1.54) is 11.3 Å². The average molecular weight is 273 g/mol. The summed E-state index contributed by atoms with van der Waals surface area (Å²) in [5, 5.41) is 8.57. The molecule has 5 heteroatoms. The number of para-hydroxylation sites is 1. The van der Waals surface area contributed by atoms with Gasteiger partial charge in [-0.3, -0.25) is 5.41 Å². The third-order valence-electron chi connectivity index (χ3n) is 3.20. The zero-order valence-electron chi connectivity index (χ0n) is 10.6. The van der Waals surface area contributed by atoms with Crippen molar-refractivity contribution in [2.75, 3.05) is 7.11 Å². The van der Waals surface area contributed by atoms with E-state index >= 15 is 0 Å². The fourth-order valence-electron chi connectivity index (χ4n) is 2.09. The molecule has 4 nitrogen and oxygen atoms in total. The minimum atomic E-state index is 0.112. The molecule has 1 aromatic carbocycles. The lowest BCUT2D eigenvalue weighted by molar-refractivity contribution is 0.416. The number of methoxy groups -OCH3 is 1. The molecule has 3 N–H and O–H groups in total. The topological polar surface area (TPSA) is 72.0 Å². The lowest BCUT2D eigenvalue weighted by atomic mass is 10.2. The van der Waals surface area contributed by atoms with Crippen LogP contribution in [0.15, 0.2) is 24.3 Å². The van der Waals surface area contributed by atoms with Gasteiger partial charge in [-0.25, -0.2) is 4.98 Å². The van der Waals surface area contributed by atoms with Crippen LogP contribution in [0.5, 0.6) is 5.75 Å². The number of nitrogens with one attached hydrogen (secondary N) is 1. The Morgan fingerprint density at radius 3 is 2.79 bits per heavy atom. The van der Waals surface area contributed by atoms with Gasteiger partial charge in [-0.05, 0) is 25.0 Å². The first kappa shape index (κ1) is 12.2. The Hall–Kier alpha value is -1.88. The van der Waals surface area contributed by atoms with Gasteiger partial charge in [-0.15, -0.1) is 11.3 Å². The van der Waals surface area contributed by atoms with Crippen LogP contribution in [-0.2, 0) is 0 Å². The first-order chi connectivity index (χ1) is 9.20. The summed E-state index contributed by atoms with van der Waals surface area (Å²) in [5.74, 6) is 1.40. The van der Waals surface area contributed by atoms with Crippen molar-refractivity contribution in [1.29, 1.82) is 5.41 Å². The van der Waals surface area contributed by atoms with Crippen LogP contribution in [0, 0.1) is 5.41 Å². The van der Waals surface area contributed by atoms with E-state index in [1.807, 2.05) is 24.3 Å². The van der Waals surface area contributed by atoms with E-state index in [4.69, 9.17) is 15.9 Å². The number of rotatable bonds is 4. The maximum atomic E-state index is 7.69. The van der Waals surface area contributed by atoms with Crippen molar-refractivity contribution in [1.82, 2.24) is 4.98 Å². The molecule has 1 heterocycles. The second-order valence-corrected chi connectivity index (χ2v) is 5.62. The molecule has 2 aromatic rings. The zero-order chi connectivity index (χ0) is 13.4. The van der Waals surface area contributed by atoms with E-state index in [2.05, 4.69) is 4.98 Å². The monoisotopic (exact) mass is 273 g/mol. The summed E-state index contributed by atoms with van der Waals surface area (Å²) in [6, 6.07) is 7.80. The molecule has 19 heavy (non-hydrogen) atoms. The summed E-state index contributed by atoms with van der Waals surface area (Å²) in [6.07, 6.45) is 2.30. The van der Waals surface area contributed by atoms with E-state index in [9.17, 15) is 0 Å². The number of nitrogens with two attached hydrogens (primary N) is 1. The molecule has 1 saturated carbocycles. The minimum Gasteiger partial charge on any atom is -0.496 e. The normalized spacial score (nSPS) is 14.4. The van der Waals surface area contributed by atoms with Crippen molar-refractivity contribution in [3.05, 3.63) is 34.8 Å². The summed E-state index contributed by atoms with van der Waals surface area (Å²) < 4.78 is 5.37. The van der Waals surface area contributed by atoms with E-state index < -0.39 is 0 Å². The van der Waals surface area contributed by atoms with Crippen molar-refractivity contribution in [2.24, 2.45) is 5.73 Å². The number of ether oxygens (including phenoxy) is 1. The van der Waals surface area contributed by atoms with Crippen molar-refractivity contribution in [3.63, 3.8) is 0 Å². The molecular weight excluding hydrogens is 258 g/mol. The predicted molar refractivity (Wildman–Crippen MR) is 77.1 cm³/mol. The van der Waals surface area contributed by atoms with Crippen LogP contribution < -0.4 is 10.5 Å². The first-order valence-corrected chi connectivity index (χ1v) is 7.01. The molecule has 0 atom stereocenters. The molecule has 0 bridgehead atoms. The second kappa shape index (κ2) is 4.66. The van der Waals surface area contributed by atoms with Gasteiger partial charge in [-0.2, -0.15) is 0 Å². The Morgan fingerprint density at radius 1 is 1.42 bits per heavy atom. The van der Waals surface area contributed by atoms with Crippen LogP contribution in [0.4, 0.5) is 0 Å². The predicted octanol–water partition coefficient (Wildman–Crippen LogP) is 2.98. The number of hydrogen-bond donors (Lipinski definition) is 2. The molecule has 3 rings (SSSR count). The third kappa shape index (κ3) is 2.21. The molecule has 1 fully saturated rings. The van der Waals surface area contributed by atoms with E-state index in [1.54, 1.807) is 7.11 Å². The van der Waals surface area contributed by atoms with Gasteiger partial charge in [0.05, 0.1) is 23.2 Å². The molecule has 0 saturated heterocycles. The number of amidine groups is 1. The highest BCUT2D eigenvalue weighted by Gasteiger charge is 2.31. The van der Waals surface area contributed by atoms with Crippen LogP contribution in [0.3, 0.4) is 0 Å². The molecule has 0 unspecified atom stereocenters. The number of nitrogen functional groups attached to an aromatic ring is 1. The highest BCUT2D eigenvalue weighted by Crippen LogP contribution is 2.45. The van der Waals surface area contributed by atoms with E-state index in [0.29, 0.717) is 5.92 Å². The maximum absolute atomic E-state index is 7.69. The van der Waals surface area contributed by atoms with Gasteiger partial charge in [0.15, 0.2) is 0 Å². The summed E-state index contributed by atoms with van der Waals surface area (Å²) in [4.78, 5) is 5.50. The number of thiazole rings is 1. The summed E-state index contributed by atoms with van der Waals surface area (Å²) in [6.45, 7) is 0. The van der Waals surface area contributed by atoms with Crippen molar-refractivity contribution in [3.8, 4) is 16.3 Å². The lowest BCUT2D eigenvalue weighted by Crippen LogP contribution is -2.11. The second-order valence-electron chi connectivity index (χ2n) is 4.62. The smallest absolute Gasteiger partial charge is 0.135 e. The molecular formula is C14H15N3OS. The summed E-state index contributed by atoms with van der Waals surface area (Å²) in [5.41, 5.74) is 7.61. The number of benzene rings is 1. The lowest BCUT2D eigenvalue weighted by Gasteiger charge is -2.04. The van der Waals surface area contributed by atoms with Gasteiger partial charge in [-0.1, -0.05) is 12.1 Å². The summed E-state index contributed by atoms with van der Waals surface area (Å²) in [7, 11) is 1.65. The summed E-state index contributed by atoms with van der Waals surface area (Å²) >= 11 is 1.48. The molecule has 0 radical (unpaired) electrons. The molecule has 1 aliphatic rings. The Balaban J connectivity index is 2.10. The van der Waals surface area contributed by atoms with Gasteiger partial charge in [0.25, 0.3) is 0 Å². The molecule has 1 aromatic heterocycles. The highest BCUT2D eigenvalue weighted by molar-refractivity contribution is 7.17. The first-order valence-electron chi connectivity index (χ1n) is 6.19. The van der Waals surface area contributed by atoms with Gasteiger partial charge in [0.2, 0.25) is 0 Å². The Bertz CT molecular complexity index is 631. The highest BCUT2D eigenvalue weighted by atomic mass is 32.1. The van der Waals surface area contributed by atoms with Gasteiger partial charge in [0, 0.05) is 5.92 Å². The average Bonchev–Trinajstić information content (AvgIpc) is 3.17. The van der Waals surface area contributed by atoms with Crippen LogP contribution in [0.1, 0.15) is 29.3 Å². The maximum Gasteiger partial charge on any atom is 0.135 e. The number of nitrogens with zero attached hydrogens (tertiary/aromatic N) is 1. The molecule has 1 aliphatic carbocycles. The molecule has 0 aliphatic heterocycles. The Morgan fingerprint density at radius 2 is 2.16 bits per heavy atom. The fourth-order valence-corrected chi connectivity index (χ4v) is 3.14. The standard InChI is InChI=1S/C14H15N3OS/c1-18-10-5-3-2-4-9(10)14-17-11(8-6-7-8)12(19-14)13(15)16/h2-5,8H,6-7H2,1H3,(H3,15,16). The molecule has 0 amide bonds. The van der Waals surface area contributed by atoms with E-state index in [-0.39, 0.29) is 5.84 Å². The number of aromatic nitrogens is 1. The van der Waals surface area contributed by atoms with E-state index in [0.717, 1.165) is 39.7 Å². The largest absolute Gasteiger partial charge is 0.496 e. The number of hydrogen-bond acceptors (Lipinski definition) is 4. The van der Waals surface area contributed by atoms with Crippen molar-refractivity contribution in [2.45, 2.75) is 18.8 Å². The van der Waals surface area contributed by atoms with Crippen molar-refractivity contribution >= 4 is 17.2 Å². The third-order valence-corrected chi connectivity index (χ3v) is 4.34. The van der Waals surface area contributed by atoms with Crippen LogP contribution >= 0.6 is 11.3 Å². The molecule has 0 spiro atoms. The Labute approximate surface area is 115 Å². The van der Waals surface area contributed by atoms with Crippen LogP contribution in [-0.4, -0.2) is 17.9 Å². The van der Waals surface area contributed by atoms with Gasteiger partial charge in [0.1, 0.15) is 16.6 Å². The van der Waals surface area contributed by atoms with Gasteiger partial charge < -0.3 is 10.5 Å². The molecule has 98 valence electrons. The SMILES string of the molecule is COc1ccccc1-c1nc(C2CC2)c(C(=N)N)s1. The Kier molecular flexibility index (Phi) is 2.98. The zero-order valence-corrected chi connectivity index (χ0v) is 11.5. The minimum absolute atomic E-state index is 0.112. The van der Waals surface area contributed by atoms with Crippen LogP contribution in [0.25, 0.3) is 10.6 Å². The van der Waals surface area contributed by atoms with Gasteiger partial charge >= 0.3 is 0 Å². The quantitative estimate of drug-likeness (QED) is 0.664. The van der Waals surface area contributed by atoms with Crippen LogP contribution in [0.2, 0.25) is 0 Å². The van der Waals surface area contributed by atoms with Crippen molar-refractivity contribution < 1.29 is 4.74 Å². The fraction of sp³-hybridized carbons (Fsp3) is 0.286.